The largest absolute Gasteiger partial charge is 0.492 e. The summed E-state index contributed by atoms with van der Waals surface area (Å²) in [6.07, 6.45) is 3.94. The van der Waals surface area contributed by atoms with Gasteiger partial charge >= 0.3 is 0 Å². The third kappa shape index (κ3) is 7.20. The number of nitrogens with one attached hydrogen (secondary N) is 2. The fraction of sp³-hybridized carbons (Fsp3) is 0.444. The first-order chi connectivity index (χ1) is 12.1. The summed E-state index contributed by atoms with van der Waals surface area (Å²) in [5, 5.41) is 10.9. The van der Waals surface area contributed by atoms with Gasteiger partial charge in [-0.15, -0.1) is 24.0 Å². The van der Waals surface area contributed by atoms with E-state index in [9.17, 15) is 0 Å². The third-order valence-electron chi connectivity index (χ3n) is 3.83. The highest BCUT2D eigenvalue weighted by Crippen LogP contribution is 2.15. The lowest BCUT2D eigenvalue weighted by Crippen LogP contribution is -2.42. The number of guanidine groups is 1. The smallest absolute Gasteiger partial charge is 0.191 e. The summed E-state index contributed by atoms with van der Waals surface area (Å²) in [5.74, 6) is 1.63. The maximum atomic E-state index is 5.67. The standard InChI is InChI=1S/C18H28N6O.HI/c1-19-18(20-10-11-25-16-8-6-5-7-9-16)21-13-17(23(2)3)15-12-22-24(4)14-15;/h5-9,12,14,17H,10-11,13H2,1-4H3,(H2,19,20,21);1H. The number of benzene rings is 1. The number of hydrogen-bond donors (Lipinski definition) is 2. The minimum absolute atomic E-state index is 0. The Morgan fingerprint density at radius 1 is 1.27 bits per heavy atom. The molecule has 0 saturated heterocycles. The van der Waals surface area contributed by atoms with Gasteiger partial charge in [0.25, 0.3) is 0 Å². The maximum Gasteiger partial charge on any atom is 0.191 e. The molecule has 0 spiro atoms. The van der Waals surface area contributed by atoms with E-state index in [2.05, 4.69) is 39.7 Å². The van der Waals surface area contributed by atoms with Crippen LogP contribution in [0.2, 0.25) is 0 Å². The van der Waals surface area contributed by atoms with E-state index in [1.54, 1.807) is 7.05 Å². The van der Waals surface area contributed by atoms with Crippen molar-refractivity contribution in [1.29, 1.82) is 0 Å². The van der Waals surface area contributed by atoms with Crippen molar-refractivity contribution in [1.82, 2.24) is 25.3 Å². The topological polar surface area (TPSA) is 66.7 Å². The quantitative estimate of drug-likeness (QED) is 0.266. The molecule has 0 aliphatic rings. The van der Waals surface area contributed by atoms with E-state index >= 15 is 0 Å². The molecular formula is C18H29IN6O. The molecule has 0 fully saturated rings. The Morgan fingerprint density at radius 3 is 2.58 bits per heavy atom. The van der Waals surface area contributed by atoms with Gasteiger partial charge in [-0.1, -0.05) is 18.2 Å². The van der Waals surface area contributed by atoms with Crippen LogP contribution >= 0.6 is 24.0 Å². The van der Waals surface area contributed by atoms with Crippen molar-refractivity contribution in [2.24, 2.45) is 12.0 Å². The molecule has 7 nitrogen and oxygen atoms in total. The number of halogens is 1. The van der Waals surface area contributed by atoms with E-state index in [-0.39, 0.29) is 30.0 Å². The Bertz CT molecular complexity index is 659. The van der Waals surface area contributed by atoms with Crippen molar-refractivity contribution in [3.05, 3.63) is 48.3 Å². The van der Waals surface area contributed by atoms with Gasteiger partial charge in [0.2, 0.25) is 0 Å². The predicted molar refractivity (Wildman–Crippen MR) is 116 cm³/mol. The van der Waals surface area contributed by atoms with Gasteiger partial charge in [0.05, 0.1) is 18.8 Å². The number of aromatic nitrogens is 2. The molecule has 144 valence electrons. The maximum absolute atomic E-state index is 5.67. The molecule has 0 aliphatic carbocycles. The van der Waals surface area contributed by atoms with Gasteiger partial charge in [-0.05, 0) is 26.2 Å². The van der Waals surface area contributed by atoms with Crippen molar-refractivity contribution >= 4 is 29.9 Å². The van der Waals surface area contributed by atoms with Crippen LogP contribution in [0.15, 0.2) is 47.7 Å². The molecule has 2 aromatic rings. The molecule has 26 heavy (non-hydrogen) atoms. The Morgan fingerprint density at radius 2 is 2.00 bits per heavy atom. The fourth-order valence-corrected chi connectivity index (χ4v) is 2.48. The van der Waals surface area contributed by atoms with Gasteiger partial charge in [-0.3, -0.25) is 9.67 Å². The summed E-state index contributed by atoms with van der Waals surface area (Å²) in [7, 11) is 7.81. The molecule has 0 amide bonds. The molecule has 1 heterocycles. The molecule has 0 saturated carbocycles. The van der Waals surface area contributed by atoms with E-state index < -0.39 is 0 Å². The molecule has 2 rings (SSSR count). The van der Waals surface area contributed by atoms with Crippen LogP contribution in [-0.2, 0) is 7.05 Å². The molecule has 0 aliphatic heterocycles. The van der Waals surface area contributed by atoms with Crippen LogP contribution in [0.25, 0.3) is 0 Å². The van der Waals surface area contributed by atoms with Gasteiger partial charge in [0.1, 0.15) is 12.4 Å². The number of ether oxygens (including phenoxy) is 1. The summed E-state index contributed by atoms with van der Waals surface area (Å²) in [6.45, 7) is 1.98. The molecular weight excluding hydrogens is 443 g/mol. The van der Waals surface area contributed by atoms with Crippen molar-refractivity contribution in [2.45, 2.75) is 6.04 Å². The SMILES string of the molecule is CN=C(NCCOc1ccccc1)NCC(c1cnn(C)c1)N(C)C.I. The zero-order chi connectivity index (χ0) is 18.1. The monoisotopic (exact) mass is 472 g/mol. The van der Waals surface area contributed by atoms with Gasteiger partial charge in [0.15, 0.2) is 5.96 Å². The molecule has 0 bridgehead atoms. The molecule has 1 aromatic heterocycles. The van der Waals surface area contributed by atoms with Gasteiger partial charge in [-0.2, -0.15) is 5.10 Å². The molecule has 1 atom stereocenters. The van der Waals surface area contributed by atoms with Crippen LogP contribution in [0.1, 0.15) is 11.6 Å². The lowest BCUT2D eigenvalue weighted by molar-refractivity contribution is 0.297. The summed E-state index contributed by atoms with van der Waals surface area (Å²) >= 11 is 0. The average molecular weight is 472 g/mol. The Hall–Kier alpha value is -1.81. The average Bonchev–Trinajstić information content (AvgIpc) is 3.03. The summed E-state index contributed by atoms with van der Waals surface area (Å²) < 4.78 is 7.49. The minimum atomic E-state index is 0. The Kier molecular flexibility index (Phi) is 10.0. The van der Waals surface area contributed by atoms with Crippen LogP contribution in [0, 0.1) is 0 Å². The van der Waals surface area contributed by atoms with E-state index in [4.69, 9.17) is 4.74 Å². The number of nitrogens with zero attached hydrogens (tertiary/aromatic N) is 4. The summed E-state index contributed by atoms with van der Waals surface area (Å²) in [6, 6.07) is 10.0. The van der Waals surface area contributed by atoms with Crippen LogP contribution < -0.4 is 15.4 Å². The summed E-state index contributed by atoms with van der Waals surface area (Å²) in [5.41, 5.74) is 1.17. The summed E-state index contributed by atoms with van der Waals surface area (Å²) in [4.78, 5) is 6.42. The highest BCUT2D eigenvalue weighted by Gasteiger charge is 2.16. The lowest BCUT2D eigenvalue weighted by atomic mass is 10.1. The molecule has 1 unspecified atom stereocenters. The number of rotatable bonds is 8. The minimum Gasteiger partial charge on any atom is -0.492 e. The van der Waals surface area contributed by atoms with Crippen molar-refractivity contribution in [3.8, 4) is 5.75 Å². The van der Waals surface area contributed by atoms with Gasteiger partial charge in [0, 0.05) is 32.4 Å². The van der Waals surface area contributed by atoms with Crippen molar-refractivity contribution < 1.29 is 4.74 Å². The lowest BCUT2D eigenvalue weighted by Gasteiger charge is -2.24. The van der Waals surface area contributed by atoms with Crippen LogP contribution in [0.5, 0.6) is 5.75 Å². The Balaban J connectivity index is 0.00000338. The second kappa shape index (κ2) is 11.7. The second-order valence-electron chi connectivity index (χ2n) is 5.97. The molecule has 2 N–H and O–H groups in total. The highest BCUT2D eigenvalue weighted by atomic mass is 127. The molecule has 1 aromatic carbocycles. The predicted octanol–water partition coefficient (Wildman–Crippen LogP) is 1.88. The third-order valence-corrected chi connectivity index (χ3v) is 3.83. The van der Waals surface area contributed by atoms with E-state index in [0.717, 1.165) is 18.3 Å². The van der Waals surface area contributed by atoms with E-state index in [1.165, 1.54) is 5.56 Å². The van der Waals surface area contributed by atoms with Crippen LogP contribution in [0.4, 0.5) is 0 Å². The van der Waals surface area contributed by atoms with Crippen molar-refractivity contribution in [3.63, 3.8) is 0 Å². The first-order valence-corrected chi connectivity index (χ1v) is 8.37. The van der Waals surface area contributed by atoms with Gasteiger partial charge in [-0.25, -0.2) is 0 Å². The number of likely N-dealkylation sites (N-methyl/N-ethyl adjacent to an activating group) is 1. The zero-order valence-electron chi connectivity index (χ0n) is 15.8. The van der Waals surface area contributed by atoms with E-state index in [1.807, 2.05) is 54.5 Å². The first-order valence-electron chi connectivity index (χ1n) is 8.37. The molecule has 8 heteroatoms. The molecule has 0 radical (unpaired) electrons. The fourth-order valence-electron chi connectivity index (χ4n) is 2.48. The van der Waals surface area contributed by atoms with Crippen LogP contribution in [-0.4, -0.2) is 61.5 Å². The number of hydrogen-bond acceptors (Lipinski definition) is 4. The number of aryl methyl sites for hydroxylation is 1. The van der Waals surface area contributed by atoms with Crippen molar-refractivity contribution in [2.75, 3.05) is 40.8 Å². The second-order valence-corrected chi connectivity index (χ2v) is 5.97. The number of para-hydroxylation sites is 1. The van der Waals surface area contributed by atoms with Crippen LogP contribution in [0.3, 0.4) is 0 Å². The van der Waals surface area contributed by atoms with Gasteiger partial charge < -0.3 is 20.3 Å². The highest BCUT2D eigenvalue weighted by molar-refractivity contribution is 14.0. The first kappa shape index (κ1) is 22.2. The number of aliphatic imine (C=N–C) groups is 1. The normalized spacial score (nSPS) is 12.4. The zero-order valence-corrected chi connectivity index (χ0v) is 18.2. The van der Waals surface area contributed by atoms with E-state index in [0.29, 0.717) is 13.2 Å². The Labute approximate surface area is 172 Å².